The highest BCUT2D eigenvalue weighted by atomic mass is 32.1. The molecule has 1 aromatic carbocycles. The number of pyridine rings is 1. The highest BCUT2D eigenvalue weighted by Crippen LogP contribution is 2.29. The topological polar surface area (TPSA) is 80.7 Å². The van der Waals surface area contributed by atoms with Gasteiger partial charge in [0.05, 0.1) is 30.5 Å². The molecule has 0 fully saturated rings. The molecule has 3 aromatic heterocycles. The van der Waals surface area contributed by atoms with E-state index in [2.05, 4.69) is 25.3 Å². The molecule has 0 aliphatic carbocycles. The molecule has 3 heterocycles. The van der Waals surface area contributed by atoms with Gasteiger partial charge in [-0.25, -0.2) is 18.7 Å². The van der Waals surface area contributed by atoms with Crippen molar-refractivity contribution in [1.29, 1.82) is 0 Å². The number of anilines is 1. The lowest BCUT2D eigenvalue weighted by Gasteiger charge is -2.09. The van der Waals surface area contributed by atoms with E-state index in [0.29, 0.717) is 5.69 Å². The van der Waals surface area contributed by atoms with E-state index in [1.807, 2.05) is 30.5 Å². The van der Waals surface area contributed by atoms with Gasteiger partial charge in [-0.3, -0.25) is 14.8 Å². The third kappa shape index (κ3) is 3.85. The average molecular weight is 409 g/mol. The van der Waals surface area contributed by atoms with Crippen LogP contribution in [-0.4, -0.2) is 25.8 Å². The van der Waals surface area contributed by atoms with E-state index in [9.17, 15) is 13.6 Å². The number of amides is 1. The Morgan fingerprint density at radius 3 is 2.48 bits per heavy atom. The van der Waals surface area contributed by atoms with Crippen LogP contribution in [0, 0.1) is 18.6 Å². The maximum Gasteiger partial charge on any atom is 0.262 e. The Balaban J connectivity index is 1.59. The minimum Gasteiger partial charge on any atom is -0.305 e. The van der Waals surface area contributed by atoms with Gasteiger partial charge in [0.15, 0.2) is 17.5 Å². The number of halogens is 2. The zero-order valence-corrected chi connectivity index (χ0v) is 15.9. The Morgan fingerprint density at radius 2 is 1.83 bits per heavy atom. The summed E-state index contributed by atoms with van der Waals surface area (Å²) in [5.74, 6) is -3.00. The van der Waals surface area contributed by atoms with Crippen LogP contribution < -0.4 is 5.32 Å². The molecule has 4 aromatic rings. The first-order chi connectivity index (χ1) is 14.0. The summed E-state index contributed by atoms with van der Waals surface area (Å²) < 4.78 is 27.4. The molecule has 0 aliphatic heterocycles. The van der Waals surface area contributed by atoms with Crippen molar-refractivity contribution < 1.29 is 13.6 Å². The first kappa shape index (κ1) is 18.8. The molecule has 6 nitrogen and oxygen atoms in total. The normalized spacial score (nSPS) is 10.7. The zero-order valence-electron chi connectivity index (χ0n) is 15.1. The first-order valence-electron chi connectivity index (χ1n) is 8.46. The molecule has 0 radical (unpaired) electrons. The van der Waals surface area contributed by atoms with E-state index in [-0.39, 0.29) is 5.82 Å². The fourth-order valence-corrected chi connectivity index (χ4v) is 3.37. The maximum atomic E-state index is 13.7. The maximum absolute atomic E-state index is 13.7. The van der Waals surface area contributed by atoms with Gasteiger partial charge >= 0.3 is 0 Å². The van der Waals surface area contributed by atoms with Crippen LogP contribution in [0.4, 0.5) is 14.6 Å². The Hall–Kier alpha value is -3.59. The third-order valence-corrected chi connectivity index (χ3v) is 4.99. The number of carbonyl (C=O) groups is 1. The number of aromatic nitrogens is 4. The molecule has 29 heavy (non-hydrogen) atoms. The number of hydrogen-bond acceptors (Lipinski definition) is 6. The van der Waals surface area contributed by atoms with E-state index < -0.39 is 23.1 Å². The Labute approximate surface area is 168 Å². The second kappa shape index (κ2) is 7.80. The molecule has 0 saturated heterocycles. The van der Waals surface area contributed by atoms with Crippen LogP contribution in [0.2, 0.25) is 0 Å². The zero-order chi connectivity index (χ0) is 20.4. The molecular formula is C20H13F2N5OS. The highest BCUT2D eigenvalue weighted by molar-refractivity contribution is 7.13. The van der Waals surface area contributed by atoms with Gasteiger partial charge in [0, 0.05) is 22.7 Å². The standard InChI is InChI=1S/C20H13F2N5OS/c1-11-2-3-12(20-24-4-5-29-20)6-13(11)16-9-26-17(10-25-16)27-19(28)18-14(21)7-23-8-15(18)22/h2-10H,1H3,(H,26,27,28). The van der Waals surface area contributed by atoms with Crippen LogP contribution in [0.5, 0.6) is 0 Å². The predicted molar refractivity (Wildman–Crippen MR) is 105 cm³/mol. The van der Waals surface area contributed by atoms with Crippen molar-refractivity contribution in [2.24, 2.45) is 0 Å². The van der Waals surface area contributed by atoms with E-state index in [1.54, 1.807) is 6.20 Å². The number of benzene rings is 1. The summed E-state index contributed by atoms with van der Waals surface area (Å²) >= 11 is 1.53. The summed E-state index contributed by atoms with van der Waals surface area (Å²) in [6, 6.07) is 5.92. The summed E-state index contributed by atoms with van der Waals surface area (Å²) in [6.07, 6.45) is 6.10. The predicted octanol–water partition coefficient (Wildman–Crippen LogP) is 4.50. The molecule has 0 saturated carbocycles. The number of thiazole rings is 1. The molecule has 4 rings (SSSR count). The summed E-state index contributed by atoms with van der Waals surface area (Å²) in [5, 5.41) is 5.13. The second-order valence-corrected chi connectivity index (χ2v) is 6.98. The van der Waals surface area contributed by atoms with Crippen LogP contribution >= 0.6 is 11.3 Å². The van der Waals surface area contributed by atoms with E-state index in [1.165, 1.54) is 23.7 Å². The summed E-state index contributed by atoms with van der Waals surface area (Å²) in [7, 11) is 0. The van der Waals surface area contributed by atoms with Gasteiger partial charge in [-0.05, 0) is 18.6 Å². The average Bonchev–Trinajstić information content (AvgIpc) is 3.24. The summed E-state index contributed by atoms with van der Waals surface area (Å²) in [4.78, 5) is 28.3. The molecule has 0 atom stereocenters. The van der Waals surface area contributed by atoms with Crippen molar-refractivity contribution in [1.82, 2.24) is 19.9 Å². The van der Waals surface area contributed by atoms with Crippen molar-refractivity contribution in [2.45, 2.75) is 6.92 Å². The van der Waals surface area contributed by atoms with E-state index >= 15 is 0 Å². The lowest BCUT2D eigenvalue weighted by Crippen LogP contribution is -2.17. The second-order valence-electron chi connectivity index (χ2n) is 6.09. The Kier molecular flexibility index (Phi) is 5.05. The lowest BCUT2D eigenvalue weighted by molar-refractivity contribution is 0.101. The molecule has 0 spiro atoms. The highest BCUT2D eigenvalue weighted by Gasteiger charge is 2.18. The quantitative estimate of drug-likeness (QED) is 0.537. The van der Waals surface area contributed by atoms with Gasteiger partial charge in [0.2, 0.25) is 0 Å². The van der Waals surface area contributed by atoms with Crippen molar-refractivity contribution >= 4 is 23.1 Å². The number of hydrogen-bond donors (Lipinski definition) is 1. The molecule has 1 amide bonds. The molecule has 0 unspecified atom stereocenters. The van der Waals surface area contributed by atoms with Crippen molar-refractivity contribution in [2.75, 3.05) is 5.32 Å². The third-order valence-electron chi connectivity index (χ3n) is 4.17. The number of nitrogens with zero attached hydrogens (tertiary/aromatic N) is 4. The smallest absolute Gasteiger partial charge is 0.262 e. The summed E-state index contributed by atoms with van der Waals surface area (Å²) in [6.45, 7) is 1.95. The van der Waals surface area contributed by atoms with Gasteiger partial charge in [-0.2, -0.15) is 0 Å². The molecular weight excluding hydrogens is 396 g/mol. The van der Waals surface area contributed by atoms with Crippen LogP contribution in [0.25, 0.3) is 21.8 Å². The number of aryl methyl sites for hydroxylation is 1. The van der Waals surface area contributed by atoms with Crippen LogP contribution in [0.3, 0.4) is 0 Å². The largest absolute Gasteiger partial charge is 0.305 e. The summed E-state index contributed by atoms with van der Waals surface area (Å²) in [5.41, 5.74) is 2.70. The van der Waals surface area contributed by atoms with Gasteiger partial charge in [-0.15, -0.1) is 11.3 Å². The molecule has 144 valence electrons. The van der Waals surface area contributed by atoms with Crippen LogP contribution in [0.1, 0.15) is 15.9 Å². The Bertz CT molecular complexity index is 1160. The van der Waals surface area contributed by atoms with Crippen molar-refractivity contribution in [3.63, 3.8) is 0 Å². The first-order valence-corrected chi connectivity index (χ1v) is 9.34. The van der Waals surface area contributed by atoms with Gasteiger partial charge in [-0.1, -0.05) is 12.1 Å². The van der Waals surface area contributed by atoms with Crippen molar-refractivity contribution in [3.8, 4) is 21.8 Å². The fourth-order valence-electron chi connectivity index (χ4n) is 2.74. The number of rotatable bonds is 4. The minimum atomic E-state index is -1.05. The Morgan fingerprint density at radius 1 is 1.03 bits per heavy atom. The number of nitrogens with one attached hydrogen (secondary N) is 1. The number of carbonyl (C=O) groups excluding carboxylic acids is 1. The van der Waals surface area contributed by atoms with Gasteiger partial charge in [0.1, 0.15) is 10.6 Å². The van der Waals surface area contributed by atoms with Gasteiger partial charge < -0.3 is 5.32 Å². The van der Waals surface area contributed by atoms with E-state index in [0.717, 1.165) is 34.1 Å². The fraction of sp³-hybridized carbons (Fsp3) is 0.0500. The SMILES string of the molecule is Cc1ccc(-c2nccs2)cc1-c1cnc(NC(=O)c2c(F)cncc2F)cn1. The van der Waals surface area contributed by atoms with Gasteiger partial charge in [0.25, 0.3) is 5.91 Å². The van der Waals surface area contributed by atoms with Crippen molar-refractivity contribution in [3.05, 3.63) is 77.3 Å². The van der Waals surface area contributed by atoms with Crippen LogP contribution in [0.15, 0.2) is 54.6 Å². The van der Waals surface area contributed by atoms with Crippen LogP contribution in [-0.2, 0) is 0 Å². The lowest BCUT2D eigenvalue weighted by atomic mass is 10.0. The molecule has 9 heteroatoms. The monoisotopic (exact) mass is 409 g/mol. The molecule has 0 bridgehead atoms. The molecule has 0 aliphatic rings. The molecule has 1 N–H and O–H groups in total. The van der Waals surface area contributed by atoms with E-state index in [4.69, 9.17) is 0 Å². The minimum absolute atomic E-state index is 0.0723.